The van der Waals surface area contributed by atoms with Crippen LogP contribution in [0.4, 0.5) is 0 Å². The van der Waals surface area contributed by atoms with Crippen molar-refractivity contribution in [3.8, 4) is 6.07 Å². The van der Waals surface area contributed by atoms with Crippen molar-refractivity contribution in [2.24, 2.45) is 0 Å². The zero-order valence-electron chi connectivity index (χ0n) is 8.34. The van der Waals surface area contributed by atoms with E-state index in [1.165, 1.54) is 0 Å². The Labute approximate surface area is 92.8 Å². The van der Waals surface area contributed by atoms with E-state index in [2.05, 4.69) is 11.1 Å². The van der Waals surface area contributed by atoms with Crippen LogP contribution in [0.2, 0.25) is 0 Å². The van der Waals surface area contributed by atoms with E-state index in [1.807, 2.05) is 42.6 Å². The Balaban J connectivity index is 2.38. The molecule has 0 spiro atoms. The lowest BCUT2D eigenvalue weighted by Crippen LogP contribution is -1.98. The topological polar surface area (TPSA) is 36.7 Å². The minimum absolute atomic E-state index is 0.240. The van der Waals surface area contributed by atoms with Crippen LogP contribution < -0.4 is 0 Å². The lowest BCUT2D eigenvalue weighted by atomic mass is 9.98. The van der Waals surface area contributed by atoms with Gasteiger partial charge in [0.15, 0.2) is 0 Å². The summed E-state index contributed by atoms with van der Waals surface area (Å²) in [6.45, 7) is 1.95. The number of hydrogen-bond acceptors (Lipinski definition) is 3. The van der Waals surface area contributed by atoms with Gasteiger partial charge in [0, 0.05) is 5.38 Å². The predicted molar refractivity (Wildman–Crippen MR) is 60.7 cm³/mol. The van der Waals surface area contributed by atoms with Crippen molar-refractivity contribution < 1.29 is 0 Å². The van der Waals surface area contributed by atoms with Crippen molar-refractivity contribution in [3.63, 3.8) is 0 Å². The van der Waals surface area contributed by atoms with Gasteiger partial charge >= 0.3 is 0 Å². The highest BCUT2D eigenvalue weighted by Crippen LogP contribution is 2.24. The first kappa shape index (κ1) is 9.88. The number of thiazole rings is 1. The Kier molecular flexibility index (Phi) is 2.79. The van der Waals surface area contributed by atoms with E-state index < -0.39 is 0 Å². The van der Waals surface area contributed by atoms with Gasteiger partial charge in [0.25, 0.3) is 0 Å². The molecule has 0 aliphatic carbocycles. The molecule has 1 atom stereocenters. The Morgan fingerprint density at radius 3 is 2.60 bits per heavy atom. The Morgan fingerprint density at radius 1 is 1.33 bits per heavy atom. The lowest BCUT2D eigenvalue weighted by molar-refractivity contribution is 0.974. The molecule has 0 bridgehead atoms. The van der Waals surface area contributed by atoms with Crippen LogP contribution in [0.25, 0.3) is 0 Å². The molecular weight excluding hydrogens is 204 g/mol. The van der Waals surface area contributed by atoms with E-state index in [1.54, 1.807) is 11.3 Å². The minimum Gasteiger partial charge on any atom is -0.245 e. The predicted octanol–water partition coefficient (Wildman–Crippen LogP) is 3.11. The van der Waals surface area contributed by atoms with Crippen LogP contribution >= 0.6 is 11.3 Å². The van der Waals surface area contributed by atoms with Crippen LogP contribution in [0.5, 0.6) is 0 Å². The first-order valence-corrected chi connectivity index (χ1v) is 5.56. The Bertz CT molecular complexity index is 482. The second-order valence-electron chi connectivity index (χ2n) is 3.26. The fourth-order valence-electron chi connectivity index (χ4n) is 1.47. The molecule has 1 aromatic heterocycles. The SMILES string of the molecule is Cc1nc(C(C#N)c2ccccc2)cs1. The molecule has 1 aromatic carbocycles. The summed E-state index contributed by atoms with van der Waals surface area (Å²) in [4.78, 5) is 4.35. The first-order chi connectivity index (χ1) is 7.31. The quantitative estimate of drug-likeness (QED) is 0.770. The van der Waals surface area contributed by atoms with Gasteiger partial charge in [-0.15, -0.1) is 11.3 Å². The summed E-state index contributed by atoms with van der Waals surface area (Å²) in [5.41, 5.74) is 1.86. The average Bonchev–Trinajstić information content (AvgIpc) is 2.68. The van der Waals surface area contributed by atoms with Crippen molar-refractivity contribution in [2.45, 2.75) is 12.8 Å². The molecule has 0 amide bonds. The molecule has 2 rings (SSSR count). The summed E-state index contributed by atoms with van der Waals surface area (Å²) in [6, 6.07) is 12.0. The van der Waals surface area contributed by atoms with Gasteiger partial charge in [0.1, 0.15) is 5.92 Å². The third kappa shape index (κ3) is 2.05. The summed E-state index contributed by atoms with van der Waals surface area (Å²) < 4.78 is 0. The van der Waals surface area contributed by atoms with Crippen LogP contribution in [0.15, 0.2) is 35.7 Å². The highest BCUT2D eigenvalue weighted by Gasteiger charge is 2.15. The van der Waals surface area contributed by atoms with E-state index in [4.69, 9.17) is 5.26 Å². The molecule has 0 aliphatic heterocycles. The molecule has 2 nitrogen and oxygen atoms in total. The molecule has 1 heterocycles. The standard InChI is InChI=1S/C12H10N2S/c1-9-14-12(8-15-9)11(7-13)10-5-3-2-4-6-10/h2-6,8,11H,1H3. The first-order valence-electron chi connectivity index (χ1n) is 4.68. The largest absolute Gasteiger partial charge is 0.245 e. The number of nitrogens with zero attached hydrogens (tertiary/aromatic N) is 2. The highest BCUT2D eigenvalue weighted by atomic mass is 32.1. The lowest BCUT2D eigenvalue weighted by Gasteiger charge is -2.05. The number of benzene rings is 1. The van der Waals surface area contributed by atoms with E-state index in [0.717, 1.165) is 16.3 Å². The molecule has 0 saturated carbocycles. The molecule has 0 fully saturated rings. The molecule has 15 heavy (non-hydrogen) atoms. The maximum absolute atomic E-state index is 9.16. The number of nitriles is 1. The Hall–Kier alpha value is -1.66. The van der Waals surface area contributed by atoms with Gasteiger partial charge in [0.05, 0.1) is 16.8 Å². The van der Waals surface area contributed by atoms with Gasteiger partial charge in [-0.25, -0.2) is 4.98 Å². The van der Waals surface area contributed by atoms with E-state index in [-0.39, 0.29) is 5.92 Å². The zero-order chi connectivity index (χ0) is 10.7. The van der Waals surface area contributed by atoms with Crippen molar-refractivity contribution in [2.75, 3.05) is 0 Å². The third-order valence-electron chi connectivity index (χ3n) is 2.19. The number of aromatic nitrogens is 1. The van der Waals surface area contributed by atoms with Gasteiger partial charge in [-0.1, -0.05) is 30.3 Å². The van der Waals surface area contributed by atoms with Gasteiger partial charge in [-0.3, -0.25) is 0 Å². The fraction of sp³-hybridized carbons (Fsp3) is 0.167. The monoisotopic (exact) mass is 214 g/mol. The molecule has 74 valence electrons. The van der Waals surface area contributed by atoms with Gasteiger partial charge in [-0.2, -0.15) is 5.26 Å². The summed E-state index contributed by atoms with van der Waals surface area (Å²) in [5, 5.41) is 12.1. The molecular formula is C12H10N2S. The van der Waals surface area contributed by atoms with Gasteiger partial charge < -0.3 is 0 Å². The van der Waals surface area contributed by atoms with Crippen LogP contribution in [0.1, 0.15) is 22.2 Å². The Morgan fingerprint density at radius 2 is 2.07 bits per heavy atom. The average molecular weight is 214 g/mol. The molecule has 2 aromatic rings. The third-order valence-corrected chi connectivity index (χ3v) is 2.99. The summed E-state index contributed by atoms with van der Waals surface area (Å²) in [5.74, 6) is -0.240. The minimum atomic E-state index is -0.240. The van der Waals surface area contributed by atoms with Crippen LogP contribution in [-0.2, 0) is 0 Å². The molecule has 1 unspecified atom stereocenters. The second-order valence-corrected chi connectivity index (χ2v) is 4.33. The molecule has 3 heteroatoms. The van der Waals surface area contributed by atoms with E-state index in [9.17, 15) is 0 Å². The number of aryl methyl sites for hydroxylation is 1. The smallest absolute Gasteiger partial charge is 0.114 e. The maximum atomic E-state index is 9.16. The number of hydrogen-bond donors (Lipinski definition) is 0. The zero-order valence-corrected chi connectivity index (χ0v) is 9.16. The van der Waals surface area contributed by atoms with Crippen molar-refractivity contribution >= 4 is 11.3 Å². The van der Waals surface area contributed by atoms with Gasteiger partial charge in [0.2, 0.25) is 0 Å². The van der Waals surface area contributed by atoms with Crippen LogP contribution in [0.3, 0.4) is 0 Å². The van der Waals surface area contributed by atoms with Crippen LogP contribution in [-0.4, -0.2) is 4.98 Å². The molecule has 0 radical (unpaired) electrons. The van der Waals surface area contributed by atoms with E-state index >= 15 is 0 Å². The van der Waals surface area contributed by atoms with Crippen molar-refractivity contribution in [1.29, 1.82) is 5.26 Å². The summed E-state index contributed by atoms with van der Waals surface area (Å²) in [6.07, 6.45) is 0. The molecule has 0 aliphatic rings. The second kappa shape index (κ2) is 4.24. The maximum Gasteiger partial charge on any atom is 0.114 e. The van der Waals surface area contributed by atoms with Gasteiger partial charge in [-0.05, 0) is 12.5 Å². The summed E-state index contributed by atoms with van der Waals surface area (Å²) >= 11 is 1.58. The van der Waals surface area contributed by atoms with Crippen molar-refractivity contribution in [3.05, 3.63) is 52.0 Å². The highest BCUT2D eigenvalue weighted by molar-refractivity contribution is 7.09. The van der Waals surface area contributed by atoms with Crippen LogP contribution in [0, 0.1) is 18.3 Å². The van der Waals surface area contributed by atoms with Crippen molar-refractivity contribution in [1.82, 2.24) is 4.98 Å². The molecule has 0 saturated heterocycles. The van der Waals surface area contributed by atoms with E-state index in [0.29, 0.717) is 0 Å². The fourth-order valence-corrected chi connectivity index (χ4v) is 2.11. The normalized spacial score (nSPS) is 12.0. The molecule has 0 N–H and O–H groups in total. The summed E-state index contributed by atoms with van der Waals surface area (Å²) in [7, 11) is 0. The number of rotatable bonds is 2.